The van der Waals surface area contributed by atoms with Crippen molar-refractivity contribution in [3.05, 3.63) is 77.4 Å². The number of H-pyrrole nitrogens is 2. The topological polar surface area (TPSA) is 73.5 Å². The van der Waals surface area contributed by atoms with Crippen molar-refractivity contribution in [3.63, 3.8) is 0 Å². The van der Waals surface area contributed by atoms with Gasteiger partial charge < -0.3 is 4.98 Å². The highest BCUT2D eigenvalue weighted by Crippen LogP contribution is 2.35. The second kappa shape index (κ2) is 9.00. The molecule has 6 aromatic rings. The van der Waals surface area contributed by atoms with Crippen LogP contribution in [-0.2, 0) is 6.54 Å². The predicted molar refractivity (Wildman–Crippen MR) is 147 cm³/mol. The first-order chi connectivity index (χ1) is 17.8. The first-order valence-corrected chi connectivity index (χ1v) is 13.4. The van der Waals surface area contributed by atoms with Gasteiger partial charge in [-0.3, -0.25) is 20.0 Å². The number of hydrogen-bond donors (Lipinski definition) is 2. The van der Waals surface area contributed by atoms with Crippen molar-refractivity contribution >= 4 is 33.1 Å². The molecular formula is C29H26N6S. The summed E-state index contributed by atoms with van der Waals surface area (Å²) in [5.41, 5.74) is 9.58. The standard InChI is InChI=1S/C29H26N6S/c1-2-8-35(9-3-1)17-19-11-21(15-30-14-19)26-13-24-28(16-31-26)33-34-29(24)27-12-23-22(20-7-10-36-18-20)5-4-6-25(23)32-27/h4-7,10-16,18,32H,1-3,8-9,17H2,(H,33,34). The van der Waals surface area contributed by atoms with E-state index in [-0.39, 0.29) is 0 Å². The van der Waals surface area contributed by atoms with Gasteiger partial charge in [-0.05, 0) is 83.7 Å². The van der Waals surface area contributed by atoms with E-state index in [1.54, 1.807) is 11.3 Å². The van der Waals surface area contributed by atoms with Gasteiger partial charge in [0.1, 0.15) is 5.69 Å². The maximum absolute atomic E-state index is 4.73. The molecule has 178 valence electrons. The van der Waals surface area contributed by atoms with Crippen LogP contribution in [0.2, 0.25) is 0 Å². The van der Waals surface area contributed by atoms with Crippen LogP contribution in [0.25, 0.3) is 55.6 Å². The summed E-state index contributed by atoms with van der Waals surface area (Å²) >= 11 is 1.72. The number of thiophene rings is 1. The third-order valence-electron chi connectivity index (χ3n) is 7.14. The summed E-state index contributed by atoms with van der Waals surface area (Å²) in [6.07, 6.45) is 9.68. The zero-order valence-electron chi connectivity index (χ0n) is 19.9. The minimum atomic E-state index is 0.901. The van der Waals surface area contributed by atoms with E-state index in [0.29, 0.717) is 0 Å². The fourth-order valence-electron chi connectivity index (χ4n) is 5.32. The first-order valence-electron chi connectivity index (χ1n) is 12.5. The van der Waals surface area contributed by atoms with Crippen LogP contribution in [0.1, 0.15) is 24.8 Å². The van der Waals surface area contributed by atoms with Gasteiger partial charge in [0, 0.05) is 40.8 Å². The summed E-state index contributed by atoms with van der Waals surface area (Å²) in [6.45, 7) is 3.29. The minimum absolute atomic E-state index is 0.901. The van der Waals surface area contributed by atoms with Crippen molar-refractivity contribution < 1.29 is 0 Å². The number of pyridine rings is 2. The summed E-state index contributed by atoms with van der Waals surface area (Å²) in [5.74, 6) is 0. The molecule has 1 aliphatic rings. The van der Waals surface area contributed by atoms with Crippen molar-refractivity contribution in [1.82, 2.24) is 30.0 Å². The number of aromatic nitrogens is 5. The van der Waals surface area contributed by atoms with Crippen molar-refractivity contribution in [3.8, 4) is 33.8 Å². The maximum atomic E-state index is 4.73. The highest BCUT2D eigenvalue weighted by atomic mass is 32.1. The van der Waals surface area contributed by atoms with Crippen LogP contribution >= 0.6 is 11.3 Å². The number of nitrogens with zero attached hydrogens (tertiary/aromatic N) is 4. The fraction of sp³-hybridized carbons (Fsp3) is 0.207. The average Bonchev–Trinajstić information content (AvgIpc) is 3.68. The lowest BCUT2D eigenvalue weighted by molar-refractivity contribution is 0.220. The average molecular weight is 491 g/mol. The van der Waals surface area contributed by atoms with Gasteiger partial charge in [-0.2, -0.15) is 16.4 Å². The van der Waals surface area contributed by atoms with Gasteiger partial charge in [-0.15, -0.1) is 0 Å². The van der Waals surface area contributed by atoms with Crippen LogP contribution in [0.15, 0.2) is 71.8 Å². The number of likely N-dealkylation sites (tertiary alicyclic amines) is 1. The number of piperidine rings is 1. The van der Waals surface area contributed by atoms with Gasteiger partial charge >= 0.3 is 0 Å². The number of rotatable bonds is 5. The second-order valence-corrected chi connectivity index (χ2v) is 10.3. The molecule has 7 heteroatoms. The lowest BCUT2D eigenvalue weighted by Gasteiger charge is -2.26. The van der Waals surface area contributed by atoms with Gasteiger partial charge in [0.15, 0.2) is 0 Å². The molecule has 2 N–H and O–H groups in total. The smallest absolute Gasteiger partial charge is 0.116 e. The third kappa shape index (κ3) is 3.90. The molecule has 36 heavy (non-hydrogen) atoms. The minimum Gasteiger partial charge on any atom is -0.353 e. The highest BCUT2D eigenvalue weighted by molar-refractivity contribution is 7.08. The lowest BCUT2D eigenvalue weighted by atomic mass is 10.0. The van der Waals surface area contributed by atoms with Crippen LogP contribution in [0, 0.1) is 0 Å². The summed E-state index contributed by atoms with van der Waals surface area (Å²) in [6, 6.07) is 15.1. The van der Waals surface area contributed by atoms with E-state index in [1.807, 2.05) is 18.6 Å². The third-order valence-corrected chi connectivity index (χ3v) is 7.83. The van der Waals surface area contributed by atoms with Crippen molar-refractivity contribution in [2.24, 2.45) is 0 Å². The van der Waals surface area contributed by atoms with Crippen LogP contribution < -0.4 is 0 Å². The number of hydrogen-bond acceptors (Lipinski definition) is 5. The van der Waals surface area contributed by atoms with Gasteiger partial charge in [0.25, 0.3) is 0 Å². The van der Waals surface area contributed by atoms with Gasteiger partial charge in [0.05, 0.1) is 23.1 Å². The molecule has 6 heterocycles. The fourth-order valence-corrected chi connectivity index (χ4v) is 5.98. The van der Waals surface area contributed by atoms with E-state index in [4.69, 9.17) is 4.98 Å². The summed E-state index contributed by atoms with van der Waals surface area (Å²) < 4.78 is 0. The molecule has 0 atom stereocenters. The molecule has 1 fully saturated rings. The number of aromatic amines is 2. The van der Waals surface area contributed by atoms with E-state index >= 15 is 0 Å². The Balaban J connectivity index is 1.26. The molecule has 0 bridgehead atoms. The predicted octanol–water partition coefficient (Wildman–Crippen LogP) is 6.88. The Bertz CT molecular complexity index is 1660. The van der Waals surface area contributed by atoms with Crippen LogP contribution in [0.5, 0.6) is 0 Å². The van der Waals surface area contributed by atoms with E-state index in [9.17, 15) is 0 Å². The molecule has 0 amide bonds. The zero-order chi connectivity index (χ0) is 23.9. The monoisotopic (exact) mass is 490 g/mol. The Labute approximate surface area is 213 Å². The van der Waals surface area contributed by atoms with Crippen LogP contribution in [0.3, 0.4) is 0 Å². The van der Waals surface area contributed by atoms with Crippen LogP contribution in [0.4, 0.5) is 0 Å². The number of fused-ring (bicyclic) bond motifs is 2. The summed E-state index contributed by atoms with van der Waals surface area (Å²) in [4.78, 5) is 15.4. The van der Waals surface area contributed by atoms with Crippen molar-refractivity contribution in [2.45, 2.75) is 25.8 Å². The Kier molecular flexibility index (Phi) is 5.37. The largest absolute Gasteiger partial charge is 0.353 e. The Morgan fingerprint density at radius 1 is 0.889 bits per heavy atom. The van der Waals surface area contributed by atoms with E-state index in [1.165, 1.54) is 54.4 Å². The Hall–Kier alpha value is -3.81. The van der Waals surface area contributed by atoms with Crippen molar-refractivity contribution in [1.29, 1.82) is 0 Å². The van der Waals surface area contributed by atoms with E-state index < -0.39 is 0 Å². The molecule has 5 aromatic heterocycles. The first kappa shape index (κ1) is 21.5. The molecule has 0 radical (unpaired) electrons. The number of benzene rings is 1. The molecule has 0 aliphatic carbocycles. The van der Waals surface area contributed by atoms with Gasteiger partial charge in [0.2, 0.25) is 0 Å². The summed E-state index contributed by atoms with van der Waals surface area (Å²) in [5, 5.41) is 14.4. The maximum Gasteiger partial charge on any atom is 0.116 e. The Morgan fingerprint density at radius 3 is 2.72 bits per heavy atom. The van der Waals surface area contributed by atoms with Crippen LogP contribution in [-0.4, -0.2) is 43.1 Å². The normalized spacial score (nSPS) is 14.7. The van der Waals surface area contributed by atoms with E-state index in [0.717, 1.165) is 45.6 Å². The molecule has 0 unspecified atom stereocenters. The highest BCUT2D eigenvalue weighted by Gasteiger charge is 2.16. The quantitative estimate of drug-likeness (QED) is 0.276. The molecular weight excluding hydrogens is 464 g/mol. The zero-order valence-corrected chi connectivity index (χ0v) is 20.7. The molecule has 6 nitrogen and oxygen atoms in total. The second-order valence-electron chi connectivity index (χ2n) is 9.57. The molecule has 7 rings (SSSR count). The lowest BCUT2D eigenvalue weighted by Crippen LogP contribution is -2.29. The molecule has 0 spiro atoms. The molecule has 1 aliphatic heterocycles. The van der Waals surface area contributed by atoms with Gasteiger partial charge in [-0.25, -0.2) is 0 Å². The van der Waals surface area contributed by atoms with Crippen molar-refractivity contribution in [2.75, 3.05) is 13.1 Å². The van der Waals surface area contributed by atoms with Gasteiger partial charge in [-0.1, -0.05) is 18.6 Å². The number of nitrogens with one attached hydrogen (secondary N) is 2. The SMILES string of the molecule is c1cc(-c2ccsc2)c2cc(-c3n[nH]c4cnc(-c5cncc(CN6CCCCC6)c5)cc34)[nH]c2c1. The molecule has 1 aromatic carbocycles. The molecule has 0 saturated carbocycles. The molecule has 1 saturated heterocycles. The Morgan fingerprint density at radius 2 is 1.83 bits per heavy atom. The van der Waals surface area contributed by atoms with E-state index in [2.05, 4.69) is 78.3 Å². The summed E-state index contributed by atoms with van der Waals surface area (Å²) in [7, 11) is 0.